The highest BCUT2D eigenvalue weighted by molar-refractivity contribution is 5.81. The van der Waals surface area contributed by atoms with Crippen LogP contribution in [0.1, 0.15) is 18.0 Å². The summed E-state index contributed by atoms with van der Waals surface area (Å²) < 4.78 is 5.68. The molecular formula is C17H25N3O. The third-order valence-corrected chi connectivity index (χ3v) is 4.66. The summed E-state index contributed by atoms with van der Waals surface area (Å²) in [6, 6.07) is 8.41. The van der Waals surface area contributed by atoms with Crippen LogP contribution >= 0.6 is 0 Å². The Morgan fingerprint density at radius 2 is 2.24 bits per heavy atom. The molecule has 0 radical (unpaired) electrons. The third-order valence-electron chi connectivity index (χ3n) is 4.66. The highest BCUT2D eigenvalue weighted by atomic mass is 16.3. The standard InChI is InChI=1S/C17H25N3O/c1-19-8-7-13(10-19)11-20(2)16(9-18)15-12-21-17-6-4-3-5-14(15)17/h3-6,12-13,16H,7-11,18H2,1-2H3. The fraction of sp³-hybridized carbons (Fsp3) is 0.529. The van der Waals surface area contributed by atoms with E-state index in [2.05, 4.69) is 36.0 Å². The molecule has 1 fully saturated rings. The molecule has 3 rings (SSSR count). The first-order valence-corrected chi connectivity index (χ1v) is 7.74. The Hall–Kier alpha value is -1.36. The van der Waals surface area contributed by atoms with Gasteiger partial charge in [0.15, 0.2) is 0 Å². The number of furan rings is 1. The van der Waals surface area contributed by atoms with Crippen molar-refractivity contribution in [3.8, 4) is 0 Å². The van der Waals surface area contributed by atoms with E-state index in [1.165, 1.54) is 30.5 Å². The topological polar surface area (TPSA) is 45.6 Å². The summed E-state index contributed by atoms with van der Waals surface area (Å²) in [6.45, 7) is 4.10. The summed E-state index contributed by atoms with van der Waals surface area (Å²) >= 11 is 0. The Morgan fingerprint density at radius 3 is 2.95 bits per heavy atom. The number of hydrogen-bond acceptors (Lipinski definition) is 4. The van der Waals surface area contributed by atoms with Crippen LogP contribution < -0.4 is 5.73 Å². The largest absolute Gasteiger partial charge is 0.464 e. The lowest BCUT2D eigenvalue weighted by Gasteiger charge is -2.29. The molecule has 2 unspecified atom stereocenters. The van der Waals surface area contributed by atoms with E-state index in [0.717, 1.165) is 18.0 Å². The summed E-state index contributed by atoms with van der Waals surface area (Å²) in [5.74, 6) is 0.743. The van der Waals surface area contributed by atoms with Crippen molar-refractivity contribution >= 4 is 11.0 Å². The first-order chi connectivity index (χ1) is 10.2. The summed E-state index contributed by atoms with van der Waals surface area (Å²) in [6.07, 6.45) is 3.16. The molecule has 0 bridgehead atoms. The van der Waals surface area contributed by atoms with Crippen LogP contribution in [0.5, 0.6) is 0 Å². The molecule has 1 aliphatic rings. The summed E-state index contributed by atoms with van der Waals surface area (Å²) in [4.78, 5) is 4.80. The van der Waals surface area contributed by atoms with Crippen molar-refractivity contribution in [1.29, 1.82) is 0 Å². The SMILES string of the molecule is CN1CCC(CN(C)C(CN)c2coc3ccccc23)C1. The maximum Gasteiger partial charge on any atom is 0.134 e. The van der Waals surface area contributed by atoms with Crippen LogP contribution in [0.4, 0.5) is 0 Å². The molecular weight excluding hydrogens is 262 g/mol. The van der Waals surface area contributed by atoms with E-state index in [9.17, 15) is 0 Å². The van der Waals surface area contributed by atoms with Gasteiger partial charge in [0.25, 0.3) is 0 Å². The maximum atomic E-state index is 6.06. The van der Waals surface area contributed by atoms with Crippen molar-refractivity contribution < 1.29 is 4.42 Å². The number of benzene rings is 1. The molecule has 4 nitrogen and oxygen atoms in total. The lowest BCUT2D eigenvalue weighted by atomic mass is 10.0. The number of hydrogen-bond donors (Lipinski definition) is 1. The van der Waals surface area contributed by atoms with Gasteiger partial charge in [0.05, 0.1) is 12.3 Å². The van der Waals surface area contributed by atoms with Gasteiger partial charge in [-0.3, -0.25) is 4.90 Å². The van der Waals surface area contributed by atoms with Crippen LogP contribution in [0.2, 0.25) is 0 Å². The number of nitrogens with zero attached hydrogens (tertiary/aromatic N) is 2. The molecule has 21 heavy (non-hydrogen) atoms. The molecule has 114 valence electrons. The van der Waals surface area contributed by atoms with Crippen LogP contribution in [0.25, 0.3) is 11.0 Å². The number of fused-ring (bicyclic) bond motifs is 1. The average molecular weight is 287 g/mol. The third kappa shape index (κ3) is 2.98. The molecule has 1 aromatic carbocycles. The second kappa shape index (κ2) is 6.18. The van der Waals surface area contributed by atoms with E-state index in [1.807, 2.05) is 18.4 Å². The Labute approximate surface area is 126 Å². The van der Waals surface area contributed by atoms with Gasteiger partial charge in [-0.15, -0.1) is 0 Å². The van der Waals surface area contributed by atoms with Gasteiger partial charge in [0, 0.05) is 30.6 Å². The van der Waals surface area contributed by atoms with Gasteiger partial charge in [-0.05, 0) is 39.0 Å². The van der Waals surface area contributed by atoms with Crippen LogP contribution in [-0.4, -0.2) is 50.1 Å². The fourth-order valence-electron chi connectivity index (χ4n) is 3.51. The second-order valence-electron chi connectivity index (χ2n) is 6.30. The number of nitrogens with two attached hydrogens (primary N) is 1. The minimum absolute atomic E-state index is 0.222. The van der Waals surface area contributed by atoms with E-state index in [0.29, 0.717) is 6.54 Å². The Kier molecular flexibility index (Phi) is 4.29. The van der Waals surface area contributed by atoms with Gasteiger partial charge in [-0.25, -0.2) is 0 Å². The van der Waals surface area contributed by atoms with E-state index in [1.54, 1.807) is 0 Å². The van der Waals surface area contributed by atoms with Crippen molar-refractivity contribution in [2.24, 2.45) is 11.7 Å². The molecule has 2 atom stereocenters. The predicted octanol–water partition coefficient (Wildman–Crippen LogP) is 2.32. The minimum Gasteiger partial charge on any atom is -0.464 e. The van der Waals surface area contributed by atoms with Gasteiger partial charge in [-0.2, -0.15) is 0 Å². The first kappa shape index (κ1) is 14.6. The highest BCUT2D eigenvalue weighted by Gasteiger charge is 2.25. The molecule has 2 aromatic rings. The highest BCUT2D eigenvalue weighted by Crippen LogP contribution is 2.30. The Morgan fingerprint density at radius 1 is 1.43 bits per heavy atom. The smallest absolute Gasteiger partial charge is 0.134 e. The van der Waals surface area contributed by atoms with Gasteiger partial charge in [-0.1, -0.05) is 18.2 Å². The van der Waals surface area contributed by atoms with Gasteiger partial charge < -0.3 is 15.1 Å². The first-order valence-electron chi connectivity index (χ1n) is 7.74. The quantitative estimate of drug-likeness (QED) is 0.916. The molecule has 2 N–H and O–H groups in total. The zero-order valence-electron chi connectivity index (χ0n) is 13.0. The molecule has 1 aliphatic heterocycles. The van der Waals surface area contributed by atoms with E-state index < -0.39 is 0 Å². The van der Waals surface area contributed by atoms with Crippen molar-refractivity contribution in [3.63, 3.8) is 0 Å². The van der Waals surface area contributed by atoms with Gasteiger partial charge in [0.1, 0.15) is 5.58 Å². The van der Waals surface area contributed by atoms with Crippen molar-refractivity contribution in [2.75, 3.05) is 40.3 Å². The van der Waals surface area contributed by atoms with Crippen LogP contribution in [0, 0.1) is 5.92 Å². The van der Waals surface area contributed by atoms with E-state index in [-0.39, 0.29) is 6.04 Å². The molecule has 4 heteroatoms. The predicted molar refractivity (Wildman–Crippen MR) is 86.2 cm³/mol. The zero-order valence-corrected chi connectivity index (χ0v) is 13.0. The van der Waals surface area contributed by atoms with E-state index in [4.69, 9.17) is 10.2 Å². The molecule has 0 saturated carbocycles. The number of likely N-dealkylation sites (tertiary alicyclic amines) is 1. The summed E-state index contributed by atoms with van der Waals surface area (Å²) in [5.41, 5.74) is 8.22. The van der Waals surface area contributed by atoms with Gasteiger partial charge in [0.2, 0.25) is 0 Å². The number of likely N-dealkylation sites (N-methyl/N-ethyl adjacent to an activating group) is 1. The molecule has 2 heterocycles. The van der Waals surface area contributed by atoms with Gasteiger partial charge >= 0.3 is 0 Å². The fourth-order valence-corrected chi connectivity index (χ4v) is 3.51. The van der Waals surface area contributed by atoms with Crippen LogP contribution in [0.15, 0.2) is 34.9 Å². The van der Waals surface area contributed by atoms with Crippen LogP contribution in [0.3, 0.4) is 0 Å². The van der Waals surface area contributed by atoms with E-state index >= 15 is 0 Å². The minimum atomic E-state index is 0.222. The van der Waals surface area contributed by atoms with Crippen molar-refractivity contribution in [2.45, 2.75) is 12.5 Å². The second-order valence-corrected chi connectivity index (χ2v) is 6.30. The Balaban J connectivity index is 1.77. The number of para-hydroxylation sites is 1. The molecule has 0 amide bonds. The lowest BCUT2D eigenvalue weighted by molar-refractivity contribution is 0.212. The maximum absolute atomic E-state index is 6.06. The normalized spacial score (nSPS) is 21.4. The zero-order chi connectivity index (χ0) is 14.8. The summed E-state index contributed by atoms with van der Waals surface area (Å²) in [5, 5.41) is 1.18. The van der Waals surface area contributed by atoms with Crippen molar-refractivity contribution in [1.82, 2.24) is 9.80 Å². The molecule has 0 spiro atoms. The molecule has 1 saturated heterocycles. The molecule has 0 aliphatic carbocycles. The molecule has 1 aromatic heterocycles. The van der Waals surface area contributed by atoms with Crippen LogP contribution in [-0.2, 0) is 0 Å². The average Bonchev–Trinajstić information content (AvgIpc) is 3.07. The Bertz CT molecular complexity index is 594. The lowest BCUT2D eigenvalue weighted by Crippen LogP contribution is -2.34. The summed E-state index contributed by atoms with van der Waals surface area (Å²) in [7, 11) is 4.38. The number of rotatable bonds is 5. The van der Waals surface area contributed by atoms with Crippen molar-refractivity contribution in [3.05, 3.63) is 36.1 Å². The monoisotopic (exact) mass is 287 g/mol.